The van der Waals surface area contributed by atoms with Gasteiger partial charge >= 0.3 is 17.9 Å². The van der Waals surface area contributed by atoms with E-state index in [1.165, 1.54) is 6.92 Å². The molecule has 8 unspecified atom stereocenters. The van der Waals surface area contributed by atoms with E-state index >= 15 is 0 Å². The Balaban J connectivity index is 2.04. The molecule has 0 amide bonds. The van der Waals surface area contributed by atoms with E-state index in [9.17, 15) is 24.6 Å². The Morgan fingerprint density at radius 3 is 2.48 bits per heavy atom. The molecule has 3 fully saturated rings. The minimum Gasteiger partial charge on any atom is -0.461 e. The van der Waals surface area contributed by atoms with Crippen molar-refractivity contribution in [3.05, 3.63) is 23.8 Å². The molecule has 8 heteroatoms. The Kier molecular flexibility index (Phi) is 5.62. The molecule has 1 heterocycles. The molecule has 3 aliphatic rings. The highest BCUT2D eigenvalue weighted by Crippen LogP contribution is 2.57. The first-order valence-electron chi connectivity index (χ1n) is 9.79. The van der Waals surface area contributed by atoms with Crippen LogP contribution in [-0.2, 0) is 28.6 Å². The average molecular weight is 408 g/mol. The van der Waals surface area contributed by atoms with Crippen LogP contribution in [-0.4, -0.2) is 58.6 Å². The molecule has 8 nitrogen and oxygen atoms in total. The Morgan fingerprint density at radius 1 is 1.24 bits per heavy atom. The van der Waals surface area contributed by atoms with E-state index in [4.69, 9.17) is 14.2 Å². The summed E-state index contributed by atoms with van der Waals surface area (Å²) < 4.78 is 16.6. The summed E-state index contributed by atoms with van der Waals surface area (Å²) in [7, 11) is 0. The van der Waals surface area contributed by atoms with Crippen LogP contribution in [0.4, 0.5) is 0 Å². The Bertz CT molecular complexity index is 771. The smallest absolute Gasteiger partial charge is 0.334 e. The summed E-state index contributed by atoms with van der Waals surface area (Å²) in [6.07, 6.45) is -2.79. The lowest BCUT2D eigenvalue weighted by molar-refractivity contribution is -0.169. The van der Waals surface area contributed by atoms with Crippen molar-refractivity contribution in [3.8, 4) is 0 Å². The predicted octanol–water partition coefficient (Wildman–Crippen LogP) is 1.05. The van der Waals surface area contributed by atoms with Crippen molar-refractivity contribution >= 4 is 17.9 Å². The molecule has 0 aromatic heterocycles. The second kappa shape index (κ2) is 7.57. The van der Waals surface area contributed by atoms with E-state index in [0.717, 1.165) is 0 Å². The zero-order valence-corrected chi connectivity index (χ0v) is 17.1. The number of hydrogen-bond donors (Lipinski definition) is 2. The van der Waals surface area contributed by atoms with E-state index in [0.29, 0.717) is 5.57 Å². The highest BCUT2D eigenvalue weighted by molar-refractivity contribution is 5.91. The number of carbonyl (C=O) groups is 3. The summed E-state index contributed by atoms with van der Waals surface area (Å²) in [5.74, 6) is -3.06. The minimum atomic E-state index is -1.08. The van der Waals surface area contributed by atoms with Crippen LogP contribution < -0.4 is 0 Å². The Hall–Kier alpha value is -2.19. The molecule has 8 atom stereocenters. The van der Waals surface area contributed by atoms with Crippen molar-refractivity contribution in [2.45, 2.75) is 71.1 Å². The number of aliphatic hydroxyl groups is 2. The minimum absolute atomic E-state index is 0.0968. The van der Waals surface area contributed by atoms with Gasteiger partial charge in [0.25, 0.3) is 0 Å². The second-order valence-electron chi connectivity index (χ2n) is 8.39. The number of ether oxygens (including phenoxy) is 3. The number of allylic oxidation sites excluding steroid dienone is 1. The Morgan fingerprint density at radius 2 is 1.90 bits per heavy atom. The molecule has 1 aliphatic heterocycles. The molecule has 0 spiro atoms. The number of hydrogen-bond acceptors (Lipinski definition) is 8. The second-order valence-corrected chi connectivity index (χ2v) is 8.39. The van der Waals surface area contributed by atoms with Gasteiger partial charge in [-0.15, -0.1) is 0 Å². The van der Waals surface area contributed by atoms with Crippen LogP contribution in [0.1, 0.15) is 40.5 Å². The van der Waals surface area contributed by atoms with Gasteiger partial charge in [-0.2, -0.15) is 0 Å². The van der Waals surface area contributed by atoms with Gasteiger partial charge in [0.2, 0.25) is 0 Å². The van der Waals surface area contributed by atoms with Crippen molar-refractivity contribution in [1.29, 1.82) is 0 Å². The molecule has 1 saturated heterocycles. The van der Waals surface area contributed by atoms with Gasteiger partial charge in [0, 0.05) is 35.8 Å². The molecule has 0 radical (unpaired) electrons. The van der Waals surface area contributed by atoms with Gasteiger partial charge in [-0.25, -0.2) is 9.59 Å². The number of esters is 3. The SMILES string of the molecule is C=C1C(=O)OC2C(O)CC3C(OC(=O)C(C)=CC)CC(O)C3(C)C(OC(C)=O)C12. The zero-order valence-electron chi connectivity index (χ0n) is 17.1. The quantitative estimate of drug-likeness (QED) is 0.404. The summed E-state index contributed by atoms with van der Waals surface area (Å²) in [6, 6.07) is 0. The fraction of sp³-hybridized carbons (Fsp3) is 0.667. The summed E-state index contributed by atoms with van der Waals surface area (Å²) >= 11 is 0. The van der Waals surface area contributed by atoms with Crippen molar-refractivity contribution in [3.63, 3.8) is 0 Å². The molecule has 2 saturated carbocycles. The van der Waals surface area contributed by atoms with Crippen molar-refractivity contribution in [2.24, 2.45) is 17.3 Å². The third-order valence-electron chi connectivity index (χ3n) is 6.80. The number of rotatable bonds is 3. The molecule has 0 bridgehead atoms. The summed E-state index contributed by atoms with van der Waals surface area (Å²) in [6.45, 7) is 10.1. The third kappa shape index (κ3) is 3.38. The molecule has 3 rings (SSSR count). The zero-order chi connectivity index (χ0) is 21.7. The fourth-order valence-corrected chi connectivity index (χ4v) is 5.01. The maximum Gasteiger partial charge on any atom is 0.334 e. The normalized spacial score (nSPS) is 41.9. The first-order valence-corrected chi connectivity index (χ1v) is 9.79. The molecule has 29 heavy (non-hydrogen) atoms. The number of carbonyl (C=O) groups excluding carboxylic acids is 3. The molecule has 2 aliphatic carbocycles. The number of fused-ring (bicyclic) bond motifs is 2. The van der Waals surface area contributed by atoms with Crippen LogP contribution in [0.2, 0.25) is 0 Å². The van der Waals surface area contributed by atoms with Gasteiger partial charge in [-0.3, -0.25) is 4.79 Å². The van der Waals surface area contributed by atoms with Crippen molar-refractivity contribution in [1.82, 2.24) is 0 Å². The van der Waals surface area contributed by atoms with E-state index in [1.807, 2.05) is 0 Å². The van der Waals surface area contributed by atoms with Crippen LogP contribution in [0.3, 0.4) is 0 Å². The van der Waals surface area contributed by atoms with Crippen molar-refractivity contribution < 1.29 is 38.8 Å². The summed E-state index contributed by atoms with van der Waals surface area (Å²) in [4.78, 5) is 36.3. The van der Waals surface area contributed by atoms with Crippen LogP contribution in [0, 0.1) is 17.3 Å². The fourth-order valence-electron chi connectivity index (χ4n) is 5.01. The lowest BCUT2D eigenvalue weighted by atomic mass is 9.68. The highest BCUT2D eigenvalue weighted by atomic mass is 16.6. The van der Waals surface area contributed by atoms with E-state index < -0.39 is 65.7 Å². The average Bonchev–Trinajstić information content (AvgIpc) is 3.04. The number of aliphatic hydroxyl groups excluding tert-OH is 2. The first kappa shape index (κ1) is 21.5. The lowest BCUT2D eigenvalue weighted by Gasteiger charge is -2.42. The van der Waals surface area contributed by atoms with Crippen LogP contribution in [0.15, 0.2) is 23.8 Å². The first-order chi connectivity index (χ1) is 13.5. The summed E-state index contributed by atoms with van der Waals surface area (Å²) in [5.41, 5.74) is -0.546. The van der Waals surface area contributed by atoms with E-state index in [2.05, 4.69) is 6.58 Å². The van der Waals surface area contributed by atoms with E-state index in [-0.39, 0.29) is 18.4 Å². The maximum atomic E-state index is 12.3. The van der Waals surface area contributed by atoms with Gasteiger partial charge in [-0.1, -0.05) is 19.6 Å². The van der Waals surface area contributed by atoms with Crippen LogP contribution in [0.5, 0.6) is 0 Å². The van der Waals surface area contributed by atoms with Gasteiger partial charge < -0.3 is 24.4 Å². The van der Waals surface area contributed by atoms with Gasteiger partial charge in [0.1, 0.15) is 18.3 Å². The largest absolute Gasteiger partial charge is 0.461 e. The highest BCUT2D eigenvalue weighted by Gasteiger charge is 2.66. The standard InChI is InChI=1S/C21H28O8/c1-6-9(2)19(25)28-14-8-15(24)21(5)12(14)7-13(23)17-16(10(3)20(26)29-17)18(21)27-11(4)22/h6,12-18,23-24H,3,7-8H2,1-2,4-5H3. The Labute approximate surface area is 169 Å². The predicted molar refractivity (Wildman–Crippen MR) is 100 cm³/mol. The van der Waals surface area contributed by atoms with Crippen molar-refractivity contribution in [2.75, 3.05) is 0 Å². The third-order valence-corrected chi connectivity index (χ3v) is 6.80. The lowest BCUT2D eigenvalue weighted by Crippen LogP contribution is -2.50. The topological polar surface area (TPSA) is 119 Å². The molecule has 0 aromatic carbocycles. The van der Waals surface area contributed by atoms with Gasteiger partial charge in [-0.05, 0) is 20.3 Å². The maximum absolute atomic E-state index is 12.3. The monoisotopic (exact) mass is 408 g/mol. The van der Waals surface area contributed by atoms with Gasteiger partial charge in [0.05, 0.1) is 18.1 Å². The summed E-state index contributed by atoms with van der Waals surface area (Å²) in [5, 5.41) is 21.8. The molecular weight excluding hydrogens is 380 g/mol. The van der Waals surface area contributed by atoms with E-state index in [1.54, 1.807) is 26.8 Å². The molecule has 160 valence electrons. The molecule has 0 aromatic rings. The van der Waals surface area contributed by atoms with Crippen LogP contribution in [0.25, 0.3) is 0 Å². The van der Waals surface area contributed by atoms with Crippen LogP contribution >= 0.6 is 0 Å². The van der Waals surface area contributed by atoms with Gasteiger partial charge in [0.15, 0.2) is 0 Å². The molecule has 2 N–H and O–H groups in total. The molecular formula is C21H28O8.